The SMILES string of the molecule is Nc1cccnc1N1CCCC(CF)C1. The fraction of sp³-hybridized carbons (Fsp3) is 0.545. The number of rotatable bonds is 2. The van der Waals surface area contributed by atoms with E-state index in [9.17, 15) is 4.39 Å². The molecule has 0 spiro atoms. The van der Waals surface area contributed by atoms with E-state index >= 15 is 0 Å². The predicted molar refractivity (Wildman–Crippen MR) is 59.6 cm³/mol. The predicted octanol–water partition coefficient (Wildman–Crippen LogP) is 1.85. The number of hydrogen-bond donors (Lipinski definition) is 1. The zero-order valence-corrected chi connectivity index (χ0v) is 8.69. The molecule has 0 saturated carbocycles. The van der Waals surface area contributed by atoms with Crippen molar-refractivity contribution in [3.63, 3.8) is 0 Å². The molecule has 1 aromatic heterocycles. The largest absolute Gasteiger partial charge is 0.396 e. The average Bonchev–Trinajstić information content (AvgIpc) is 2.30. The molecule has 3 nitrogen and oxygen atoms in total. The highest BCUT2D eigenvalue weighted by Crippen LogP contribution is 2.25. The fourth-order valence-corrected chi connectivity index (χ4v) is 2.06. The quantitative estimate of drug-likeness (QED) is 0.808. The molecule has 0 bridgehead atoms. The van der Waals surface area contributed by atoms with Gasteiger partial charge in [-0.2, -0.15) is 0 Å². The molecule has 15 heavy (non-hydrogen) atoms. The third kappa shape index (κ3) is 2.19. The highest BCUT2D eigenvalue weighted by molar-refractivity contribution is 5.62. The van der Waals surface area contributed by atoms with Crippen LogP contribution < -0.4 is 10.6 Å². The van der Waals surface area contributed by atoms with Crippen molar-refractivity contribution in [3.8, 4) is 0 Å². The second kappa shape index (κ2) is 4.47. The maximum Gasteiger partial charge on any atom is 0.151 e. The Kier molecular flexibility index (Phi) is 3.04. The van der Waals surface area contributed by atoms with Crippen molar-refractivity contribution in [3.05, 3.63) is 18.3 Å². The number of piperidine rings is 1. The molecule has 2 rings (SSSR count). The van der Waals surface area contributed by atoms with Gasteiger partial charge in [-0.25, -0.2) is 4.98 Å². The highest BCUT2D eigenvalue weighted by Gasteiger charge is 2.21. The molecule has 1 fully saturated rings. The van der Waals surface area contributed by atoms with Crippen LogP contribution in [-0.2, 0) is 0 Å². The van der Waals surface area contributed by atoms with E-state index in [1.165, 1.54) is 0 Å². The van der Waals surface area contributed by atoms with Crippen molar-refractivity contribution in [1.29, 1.82) is 0 Å². The van der Waals surface area contributed by atoms with Crippen LogP contribution in [0, 0.1) is 5.92 Å². The highest BCUT2D eigenvalue weighted by atomic mass is 19.1. The van der Waals surface area contributed by atoms with Crippen molar-refractivity contribution in [2.45, 2.75) is 12.8 Å². The third-order valence-electron chi connectivity index (χ3n) is 2.85. The molecular weight excluding hydrogens is 193 g/mol. The molecule has 0 radical (unpaired) electrons. The number of halogens is 1. The minimum atomic E-state index is -0.247. The van der Waals surface area contributed by atoms with Gasteiger partial charge in [-0.1, -0.05) is 0 Å². The molecule has 1 unspecified atom stereocenters. The lowest BCUT2D eigenvalue weighted by atomic mass is 9.99. The lowest BCUT2D eigenvalue weighted by Crippen LogP contribution is -2.37. The smallest absolute Gasteiger partial charge is 0.151 e. The van der Waals surface area contributed by atoms with Crippen molar-refractivity contribution in [1.82, 2.24) is 4.98 Å². The number of anilines is 2. The summed E-state index contributed by atoms with van der Waals surface area (Å²) in [6, 6.07) is 3.65. The van der Waals surface area contributed by atoms with E-state index in [-0.39, 0.29) is 12.6 Å². The summed E-state index contributed by atoms with van der Waals surface area (Å²) in [6.07, 6.45) is 3.72. The van der Waals surface area contributed by atoms with Crippen LogP contribution in [0.4, 0.5) is 15.9 Å². The third-order valence-corrected chi connectivity index (χ3v) is 2.85. The maximum atomic E-state index is 12.6. The van der Waals surface area contributed by atoms with Crippen LogP contribution >= 0.6 is 0 Å². The van der Waals surface area contributed by atoms with Crippen LogP contribution in [0.15, 0.2) is 18.3 Å². The van der Waals surface area contributed by atoms with Crippen LogP contribution in [0.5, 0.6) is 0 Å². The summed E-state index contributed by atoms with van der Waals surface area (Å²) in [5.74, 6) is 0.941. The van der Waals surface area contributed by atoms with Gasteiger partial charge in [-0.15, -0.1) is 0 Å². The van der Waals surface area contributed by atoms with Gasteiger partial charge >= 0.3 is 0 Å². The Morgan fingerprint density at radius 1 is 1.60 bits per heavy atom. The van der Waals surface area contributed by atoms with Crippen LogP contribution in [0.2, 0.25) is 0 Å². The first kappa shape index (κ1) is 10.2. The zero-order chi connectivity index (χ0) is 10.7. The number of nitrogens with two attached hydrogens (primary N) is 1. The average molecular weight is 209 g/mol. The van der Waals surface area contributed by atoms with E-state index in [1.54, 1.807) is 6.20 Å². The van der Waals surface area contributed by atoms with Crippen LogP contribution in [0.25, 0.3) is 0 Å². The van der Waals surface area contributed by atoms with Gasteiger partial charge in [-0.05, 0) is 25.0 Å². The second-order valence-corrected chi connectivity index (χ2v) is 4.02. The van der Waals surface area contributed by atoms with Crippen molar-refractivity contribution in [2.75, 3.05) is 30.4 Å². The van der Waals surface area contributed by atoms with E-state index in [2.05, 4.69) is 9.88 Å². The summed E-state index contributed by atoms with van der Waals surface area (Å²) in [6.45, 7) is 1.42. The van der Waals surface area contributed by atoms with Gasteiger partial charge < -0.3 is 10.6 Å². The molecule has 4 heteroatoms. The molecule has 1 aliphatic rings. The summed E-state index contributed by atoms with van der Waals surface area (Å²) < 4.78 is 12.6. The molecular formula is C11H16FN3. The van der Waals surface area contributed by atoms with Crippen LogP contribution in [-0.4, -0.2) is 24.7 Å². The Morgan fingerprint density at radius 3 is 3.20 bits per heavy atom. The lowest BCUT2D eigenvalue weighted by Gasteiger charge is -2.32. The Morgan fingerprint density at radius 2 is 2.47 bits per heavy atom. The van der Waals surface area contributed by atoms with Gasteiger partial charge in [0.25, 0.3) is 0 Å². The lowest BCUT2D eigenvalue weighted by molar-refractivity contribution is 0.315. The first-order valence-corrected chi connectivity index (χ1v) is 5.32. The normalized spacial score (nSPS) is 21.7. The number of nitrogens with zero attached hydrogens (tertiary/aromatic N) is 2. The molecule has 2 heterocycles. The first-order valence-electron chi connectivity index (χ1n) is 5.32. The van der Waals surface area contributed by atoms with Crippen molar-refractivity contribution in [2.24, 2.45) is 5.92 Å². The Bertz CT molecular complexity index is 329. The van der Waals surface area contributed by atoms with Crippen LogP contribution in [0.1, 0.15) is 12.8 Å². The molecule has 1 atom stereocenters. The van der Waals surface area contributed by atoms with Crippen molar-refractivity contribution >= 4 is 11.5 Å². The van der Waals surface area contributed by atoms with Gasteiger partial charge in [0.15, 0.2) is 5.82 Å². The standard InChI is InChI=1S/C11H16FN3/c12-7-9-3-2-6-15(8-9)11-10(13)4-1-5-14-11/h1,4-5,9H,2-3,6-8,13H2. The molecule has 0 aromatic carbocycles. The summed E-state index contributed by atoms with van der Waals surface area (Å²) in [5, 5.41) is 0. The molecule has 1 aliphatic heterocycles. The maximum absolute atomic E-state index is 12.6. The molecule has 2 N–H and O–H groups in total. The summed E-state index contributed by atoms with van der Waals surface area (Å²) in [7, 11) is 0. The van der Waals surface area contributed by atoms with E-state index in [0.29, 0.717) is 5.69 Å². The molecule has 0 amide bonds. The Balaban J connectivity index is 2.13. The number of nitrogen functional groups attached to an aromatic ring is 1. The van der Waals surface area contributed by atoms with Gasteiger partial charge in [0.2, 0.25) is 0 Å². The van der Waals surface area contributed by atoms with Gasteiger partial charge in [0.1, 0.15) is 0 Å². The molecule has 0 aliphatic carbocycles. The Hall–Kier alpha value is -1.32. The van der Waals surface area contributed by atoms with E-state index in [4.69, 9.17) is 5.73 Å². The Labute approximate surface area is 89.1 Å². The summed E-state index contributed by atoms with van der Waals surface area (Å²) >= 11 is 0. The summed E-state index contributed by atoms with van der Waals surface area (Å²) in [5.41, 5.74) is 6.52. The van der Waals surface area contributed by atoms with Gasteiger partial charge in [0, 0.05) is 25.2 Å². The number of aromatic nitrogens is 1. The van der Waals surface area contributed by atoms with Crippen LogP contribution in [0.3, 0.4) is 0 Å². The molecule has 1 aromatic rings. The number of hydrogen-bond acceptors (Lipinski definition) is 3. The van der Waals surface area contributed by atoms with Gasteiger partial charge in [-0.3, -0.25) is 4.39 Å². The van der Waals surface area contributed by atoms with E-state index in [1.807, 2.05) is 12.1 Å². The second-order valence-electron chi connectivity index (χ2n) is 4.02. The zero-order valence-electron chi connectivity index (χ0n) is 8.69. The number of alkyl halides is 1. The minimum Gasteiger partial charge on any atom is -0.396 e. The first-order chi connectivity index (χ1) is 7.31. The topological polar surface area (TPSA) is 42.1 Å². The monoisotopic (exact) mass is 209 g/mol. The van der Waals surface area contributed by atoms with Crippen molar-refractivity contribution < 1.29 is 4.39 Å². The van der Waals surface area contributed by atoms with E-state index < -0.39 is 0 Å². The fourth-order valence-electron chi connectivity index (χ4n) is 2.06. The minimum absolute atomic E-state index is 0.139. The van der Waals surface area contributed by atoms with Gasteiger partial charge in [0.05, 0.1) is 12.4 Å². The number of pyridine rings is 1. The summed E-state index contributed by atoms with van der Waals surface area (Å²) in [4.78, 5) is 6.34. The van der Waals surface area contributed by atoms with E-state index in [0.717, 1.165) is 31.7 Å². The molecule has 1 saturated heterocycles. The molecule has 82 valence electrons.